The van der Waals surface area contributed by atoms with Gasteiger partial charge in [-0.2, -0.15) is 0 Å². The average molecular weight is 941 g/mol. The second-order valence-electron chi connectivity index (χ2n) is 19.8. The predicted octanol–water partition coefficient (Wildman–Crippen LogP) is 18.5. The van der Waals surface area contributed by atoms with Crippen LogP contribution >= 0.6 is 0 Å². The number of rotatable bonds is 8. The molecule has 2 heteroatoms. The van der Waals surface area contributed by atoms with Crippen LogP contribution in [0.25, 0.3) is 44.2 Å². The smallest absolute Gasteiger partial charge is 0.0727 e. The Morgan fingerprint density at radius 1 is 0.216 bits per heavy atom. The number of para-hydroxylation sites is 3. The van der Waals surface area contributed by atoms with Gasteiger partial charge in [0, 0.05) is 33.6 Å². The SMILES string of the molecule is c1ccc(N(c2ccccc2)c2cccc3c2-c2ccccc2C32c3ccccc3-c3c2cc(N(c2ccccc2)c2cccc4c2-c2ccccc2C4(c2ccccc2)c2ccccc2)c2ccccc32)cc1. The zero-order valence-corrected chi connectivity index (χ0v) is 40.6. The molecule has 0 amide bonds. The third-order valence-electron chi connectivity index (χ3n) is 16.3. The molecule has 1 unspecified atom stereocenters. The van der Waals surface area contributed by atoms with E-state index in [1.165, 1.54) is 88.7 Å². The summed E-state index contributed by atoms with van der Waals surface area (Å²) in [6, 6.07) is 108. The van der Waals surface area contributed by atoms with E-state index in [0.717, 1.165) is 34.1 Å². The standard InChI is InChI=1S/C72H48N2/c1-6-26-49(27-7-1)71(50-28-8-2-9-29-50)59-41-21-19-39-57(59)69-62(71)44-24-47-66(69)74(53-34-14-5-15-35-53)67-48-64-68(55-37-17-16-36-54(55)67)56-38-18-22-42-60(56)72(64)61-43-23-20-40-58(61)70-63(72)45-25-46-65(70)73(51-30-10-3-11-31-51)52-32-12-4-13-33-52/h1-48H. The molecule has 0 aliphatic heterocycles. The molecule has 3 aliphatic rings. The highest BCUT2D eigenvalue weighted by molar-refractivity contribution is 6.13. The van der Waals surface area contributed by atoms with Gasteiger partial charge in [-0.3, -0.25) is 0 Å². The van der Waals surface area contributed by atoms with Gasteiger partial charge in [-0.15, -0.1) is 0 Å². The van der Waals surface area contributed by atoms with Crippen molar-refractivity contribution in [2.45, 2.75) is 10.8 Å². The lowest BCUT2D eigenvalue weighted by Gasteiger charge is -2.35. The fraction of sp³-hybridized carbons (Fsp3) is 0.0278. The fourth-order valence-electron chi connectivity index (χ4n) is 13.6. The summed E-state index contributed by atoms with van der Waals surface area (Å²) < 4.78 is 0. The lowest BCUT2D eigenvalue weighted by Crippen LogP contribution is -2.28. The van der Waals surface area contributed by atoms with Gasteiger partial charge in [0.1, 0.15) is 0 Å². The first kappa shape index (κ1) is 42.2. The molecule has 1 atom stereocenters. The second-order valence-corrected chi connectivity index (χ2v) is 19.8. The zero-order chi connectivity index (χ0) is 48.8. The Bertz CT molecular complexity index is 4050. The van der Waals surface area contributed by atoms with Crippen molar-refractivity contribution in [1.29, 1.82) is 0 Å². The number of anilines is 6. The molecule has 2 nitrogen and oxygen atoms in total. The molecule has 12 aromatic carbocycles. The molecular formula is C72H48N2. The van der Waals surface area contributed by atoms with Crippen molar-refractivity contribution in [3.05, 3.63) is 336 Å². The Morgan fingerprint density at radius 2 is 0.568 bits per heavy atom. The molecular weight excluding hydrogens is 893 g/mol. The van der Waals surface area contributed by atoms with Crippen LogP contribution in [0.3, 0.4) is 0 Å². The van der Waals surface area contributed by atoms with Crippen molar-refractivity contribution in [3.8, 4) is 33.4 Å². The molecule has 346 valence electrons. The minimum Gasteiger partial charge on any atom is -0.310 e. The van der Waals surface area contributed by atoms with Crippen LogP contribution < -0.4 is 9.80 Å². The number of fused-ring (bicyclic) bond motifs is 15. The van der Waals surface area contributed by atoms with Crippen LogP contribution in [-0.4, -0.2) is 0 Å². The highest BCUT2D eigenvalue weighted by Gasteiger charge is 2.54. The monoisotopic (exact) mass is 940 g/mol. The maximum Gasteiger partial charge on any atom is 0.0727 e. The van der Waals surface area contributed by atoms with Crippen molar-refractivity contribution in [2.75, 3.05) is 9.80 Å². The van der Waals surface area contributed by atoms with Crippen LogP contribution in [0.4, 0.5) is 34.1 Å². The lowest BCUT2D eigenvalue weighted by atomic mass is 9.68. The summed E-state index contributed by atoms with van der Waals surface area (Å²) in [5.41, 5.74) is 23.4. The largest absolute Gasteiger partial charge is 0.310 e. The summed E-state index contributed by atoms with van der Waals surface area (Å²) in [5.74, 6) is 0. The van der Waals surface area contributed by atoms with E-state index in [4.69, 9.17) is 0 Å². The van der Waals surface area contributed by atoms with Crippen LogP contribution in [-0.2, 0) is 10.8 Å². The third kappa shape index (κ3) is 5.76. The third-order valence-corrected chi connectivity index (χ3v) is 16.3. The Labute approximate surface area is 432 Å². The van der Waals surface area contributed by atoms with Gasteiger partial charge in [-0.05, 0) is 127 Å². The van der Waals surface area contributed by atoms with Gasteiger partial charge in [0.05, 0.1) is 27.9 Å². The highest BCUT2D eigenvalue weighted by Crippen LogP contribution is 2.67. The van der Waals surface area contributed by atoms with Crippen molar-refractivity contribution >= 4 is 44.9 Å². The maximum absolute atomic E-state index is 2.58. The van der Waals surface area contributed by atoms with Crippen LogP contribution in [0.5, 0.6) is 0 Å². The Kier molecular flexibility index (Phi) is 9.43. The molecule has 0 saturated heterocycles. The van der Waals surface area contributed by atoms with Crippen LogP contribution in [0, 0.1) is 0 Å². The molecule has 0 bridgehead atoms. The van der Waals surface area contributed by atoms with E-state index in [0.29, 0.717) is 0 Å². The molecule has 0 saturated carbocycles. The van der Waals surface area contributed by atoms with Gasteiger partial charge in [0.15, 0.2) is 0 Å². The number of nitrogens with zero attached hydrogens (tertiary/aromatic N) is 2. The molecule has 3 aliphatic carbocycles. The lowest BCUT2D eigenvalue weighted by molar-refractivity contribution is 0.768. The summed E-state index contributed by atoms with van der Waals surface area (Å²) in [4.78, 5) is 5.02. The van der Waals surface area contributed by atoms with Crippen molar-refractivity contribution in [1.82, 2.24) is 0 Å². The van der Waals surface area contributed by atoms with Gasteiger partial charge >= 0.3 is 0 Å². The number of benzene rings is 12. The van der Waals surface area contributed by atoms with Crippen molar-refractivity contribution in [2.24, 2.45) is 0 Å². The van der Waals surface area contributed by atoms with Gasteiger partial charge in [0.25, 0.3) is 0 Å². The van der Waals surface area contributed by atoms with E-state index < -0.39 is 10.8 Å². The van der Waals surface area contributed by atoms with E-state index >= 15 is 0 Å². The summed E-state index contributed by atoms with van der Waals surface area (Å²) in [6.45, 7) is 0. The molecule has 0 N–H and O–H groups in total. The summed E-state index contributed by atoms with van der Waals surface area (Å²) in [6.07, 6.45) is 0. The second kappa shape index (κ2) is 16.5. The molecule has 0 radical (unpaired) electrons. The predicted molar refractivity (Wildman–Crippen MR) is 307 cm³/mol. The van der Waals surface area contributed by atoms with Crippen LogP contribution in [0.2, 0.25) is 0 Å². The van der Waals surface area contributed by atoms with Crippen molar-refractivity contribution in [3.63, 3.8) is 0 Å². The first-order valence-corrected chi connectivity index (χ1v) is 25.8. The molecule has 12 aromatic rings. The molecule has 0 aromatic heterocycles. The fourth-order valence-corrected chi connectivity index (χ4v) is 13.6. The summed E-state index contributed by atoms with van der Waals surface area (Å²) in [5, 5.41) is 2.43. The zero-order valence-electron chi connectivity index (χ0n) is 40.6. The molecule has 1 spiro atoms. The summed E-state index contributed by atoms with van der Waals surface area (Å²) >= 11 is 0. The van der Waals surface area contributed by atoms with E-state index in [9.17, 15) is 0 Å². The van der Waals surface area contributed by atoms with Crippen LogP contribution in [0.1, 0.15) is 44.5 Å². The Balaban J connectivity index is 1.05. The van der Waals surface area contributed by atoms with Gasteiger partial charge in [-0.25, -0.2) is 0 Å². The first-order chi connectivity index (χ1) is 36.8. The Hall–Kier alpha value is -9.50. The maximum atomic E-state index is 2.58. The molecule has 0 fully saturated rings. The van der Waals surface area contributed by atoms with Gasteiger partial charge in [-0.1, -0.05) is 237 Å². The minimum absolute atomic E-state index is 0.555. The van der Waals surface area contributed by atoms with E-state index in [1.807, 2.05) is 0 Å². The topological polar surface area (TPSA) is 6.48 Å². The first-order valence-electron chi connectivity index (χ1n) is 25.8. The normalized spacial score (nSPS) is 14.9. The number of hydrogen-bond donors (Lipinski definition) is 0. The molecule has 74 heavy (non-hydrogen) atoms. The highest BCUT2D eigenvalue weighted by atomic mass is 15.2. The Morgan fingerprint density at radius 3 is 1.07 bits per heavy atom. The molecule has 0 heterocycles. The van der Waals surface area contributed by atoms with E-state index in [1.54, 1.807) is 0 Å². The van der Waals surface area contributed by atoms with Crippen LogP contribution in [0.15, 0.2) is 291 Å². The summed E-state index contributed by atoms with van der Waals surface area (Å²) in [7, 11) is 0. The van der Waals surface area contributed by atoms with E-state index in [2.05, 4.69) is 301 Å². The molecule has 15 rings (SSSR count). The quantitative estimate of drug-likeness (QED) is 0.150. The average Bonchev–Trinajstić information content (AvgIpc) is 4.16. The van der Waals surface area contributed by atoms with Gasteiger partial charge in [0.2, 0.25) is 0 Å². The van der Waals surface area contributed by atoms with Crippen molar-refractivity contribution < 1.29 is 0 Å². The van der Waals surface area contributed by atoms with E-state index in [-0.39, 0.29) is 0 Å². The van der Waals surface area contributed by atoms with Gasteiger partial charge < -0.3 is 9.80 Å². The number of hydrogen-bond acceptors (Lipinski definition) is 2. The minimum atomic E-state index is -0.644.